The van der Waals surface area contributed by atoms with Crippen LogP contribution in [-0.4, -0.2) is 39.5 Å². The standard InChI is InChI=1S/C23H26N2O5S/c1-16(17-11-12-17)24-22(26)15-30-23(27)19-7-4-9-20(14-19)31(28,29)25-13-5-8-18-6-2-3-10-21(18)25/h2-4,6-7,9-10,14,16-17H,5,8,11-13,15H2,1H3,(H,24,26). The number of aryl methyl sites for hydroxylation is 1. The molecule has 4 rings (SSSR count). The number of rotatable bonds is 7. The van der Waals surface area contributed by atoms with E-state index in [2.05, 4.69) is 5.32 Å². The molecule has 7 nitrogen and oxygen atoms in total. The fraction of sp³-hybridized carbons (Fsp3) is 0.391. The van der Waals surface area contributed by atoms with E-state index in [0.717, 1.165) is 31.2 Å². The van der Waals surface area contributed by atoms with Crippen molar-refractivity contribution >= 4 is 27.6 Å². The minimum atomic E-state index is -3.83. The number of esters is 1. The Labute approximate surface area is 182 Å². The Morgan fingerprint density at radius 2 is 1.94 bits per heavy atom. The van der Waals surface area contributed by atoms with E-state index >= 15 is 0 Å². The molecule has 0 aromatic heterocycles. The largest absolute Gasteiger partial charge is 0.452 e. The number of hydrogen-bond donors (Lipinski definition) is 1. The van der Waals surface area contributed by atoms with Gasteiger partial charge in [-0.2, -0.15) is 0 Å². The van der Waals surface area contributed by atoms with E-state index < -0.39 is 22.6 Å². The van der Waals surface area contributed by atoms with Crippen molar-refractivity contribution in [1.29, 1.82) is 0 Å². The van der Waals surface area contributed by atoms with E-state index in [-0.39, 0.29) is 22.4 Å². The van der Waals surface area contributed by atoms with Gasteiger partial charge in [0.15, 0.2) is 6.61 Å². The zero-order valence-electron chi connectivity index (χ0n) is 17.4. The van der Waals surface area contributed by atoms with E-state index in [4.69, 9.17) is 4.74 Å². The highest BCUT2D eigenvalue weighted by Crippen LogP contribution is 2.33. The highest BCUT2D eigenvalue weighted by Gasteiger charge is 2.30. The van der Waals surface area contributed by atoms with Crippen LogP contribution in [0.4, 0.5) is 5.69 Å². The van der Waals surface area contributed by atoms with Crippen LogP contribution >= 0.6 is 0 Å². The number of carbonyl (C=O) groups is 2. The lowest BCUT2D eigenvalue weighted by atomic mass is 10.0. The number of amides is 1. The highest BCUT2D eigenvalue weighted by atomic mass is 32.2. The molecule has 8 heteroatoms. The van der Waals surface area contributed by atoms with Crippen LogP contribution in [0, 0.1) is 5.92 Å². The van der Waals surface area contributed by atoms with Gasteiger partial charge in [-0.3, -0.25) is 9.10 Å². The summed E-state index contributed by atoms with van der Waals surface area (Å²) in [4.78, 5) is 24.4. The van der Waals surface area contributed by atoms with Crippen molar-refractivity contribution in [3.05, 3.63) is 59.7 Å². The van der Waals surface area contributed by atoms with Crippen LogP contribution < -0.4 is 9.62 Å². The van der Waals surface area contributed by atoms with Crippen LogP contribution in [0.3, 0.4) is 0 Å². The number of sulfonamides is 1. The van der Waals surface area contributed by atoms with Crippen molar-refractivity contribution in [2.24, 2.45) is 5.92 Å². The van der Waals surface area contributed by atoms with Gasteiger partial charge in [-0.05, 0) is 68.4 Å². The molecule has 1 aliphatic heterocycles. The van der Waals surface area contributed by atoms with Crippen LogP contribution in [-0.2, 0) is 26.0 Å². The molecular formula is C23H26N2O5S. The van der Waals surface area contributed by atoms with Crippen LogP contribution in [0.15, 0.2) is 53.4 Å². The van der Waals surface area contributed by atoms with Crippen molar-refractivity contribution in [3.8, 4) is 0 Å². The van der Waals surface area contributed by atoms with Crippen LogP contribution in [0.1, 0.15) is 42.1 Å². The topological polar surface area (TPSA) is 92.8 Å². The Hall–Kier alpha value is -2.87. The van der Waals surface area contributed by atoms with Gasteiger partial charge in [-0.15, -0.1) is 0 Å². The van der Waals surface area contributed by atoms with Crippen molar-refractivity contribution in [3.63, 3.8) is 0 Å². The summed E-state index contributed by atoms with van der Waals surface area (Å²) in [5, 5.41) is 2.82. The number of fused-ring (bicyclic) bond motifs is 1. The third-order valence-corrected chi connectivity index (χ3v) is 7.59. The Bertz CT molecular complexity index is 1090. The molecule has 0 spiro atoms. The Morgan fingerprint density at radius 1 is 1.16 bits per heavy atom. The molecule has 1 heterocycles. The molecule has 0 radical (unpaired) electrons. The molecule has 0 bridgehead atoms. The lowest BCUT2D eigenvalue weighted by Gasteiger charge is -2.30. The molecule has 1 saturated carbocycles. The van der Waals surface area contributed by atoms with Gasteiger partial charge in [-0.25, -0.2) is 13.2 Å². The second-order valence-corrected chi connectivity index (χ2v) is 9.97. The number of anilines is 1. The van der Waals surface area contributed by atoms with Gasteiger partial charge in [0.2, 0.25) is 0 Å². The third-order valence-electron chi connectivity index (χ3n) is 5.78. The Kier molecular flexibility index (Phi) is 6.00. The Morgan fingerprint density at radius 3 is 2.71 bits per heavy atom. The first-order chi connectivity index (χ1) is 14.9. The maximum Gasteiger partial charge on any atom is 0.338 e. The number of hydrogen-bond acceptors (Lipinski definition) is 5. The number of nitrogens with zero attached hydrogens (tertiary/aromatic N) is 1. The third kappa shape index (κ3) is 4.74. The van der Waals surface area contributed by atoms with Gasteiger partial charge in [0, 0.05) is 12.6 Å². The first-order valence-electron chi connectivity index (χ1n) is 10.5. The molecule has 2 aromatic rings. The number of carbonyl (C=O) groups excluding carboxylic acids is 2. The SMILES string of the molecule is CC(NC(=O)COC(=O)c1cccc(S(=O)(=O)N2CCCc3ccccc32)c1)C1CC1. The van der Waals surface area contributed by atoms with Gasteiger partial charge in [0.1, 0.15) is 0 Å². The molecule has 1 N–H and O–H groups in total. The summed E-state index contributed by atoms with van der Waals surface area (Å²) in [6.45, 7) is 1.92. The van der Waals surface area contributed by atoms with E-state index in [1.807, 2.05) is 25.1 Å². The quantitative estimate of drug-likeness (QED) is 0.666. The fourth-order valence-electron chi connectivity index (χ4n) is 3.88. The molecule has 2 aromatic carbocycles. The van der Waals surface area contributed by atoms with Gasteiger partial charge < -0.3 is 10.1 Å². The second kappa shape index (κ2) is 8.70. The Balaban J connectivity index is 1.46. The fourth-order valence-corrected chi connectivity index (χ4v) is 5.47. The summed E-state index contributed by atoms with van der Waals surface area (Å²) in [6, 6.07) is 13.3. The molecule has 31 heavy (non-hydrogen) atoms. The molecular weight excluding hydrogens is 416 g/mol. The second-order valence-electron chi connectivity index (χ2n) is 8.11. The van der Waals surface area contributed by atoms with E-state index in [9.17, 15) is 18.0 Å². The monoisotopic (exact) mass is 442 g/mol. The molecule has 1 fully saturated rings. The minimum Gasteiger partial charge on any atom is -0.452 e. The normalized spacial score (nSPS) is 16.9. The smallest absolute Gasteiger partial charge is 0.338 e. The predicted octanol–water partition coefficient (Wildman–Crippen LogP) is 2.90. The minimum absolute atomic E-state index is 0.0189. The van der Waals surface area contributed by atoms with Gasteiger partial charge in [-0.1, -0.05) is 24.3 Å². The maximum atomic E-state index is 13.3. The number of ether oxygens (including phenoxy) is 1. The molecule has 2 aliphatic rings. The molecule has 1 atom stereocenters. The summed E-state index contributed by atoms with van der Waals surface area (Å²) >= 11 is 0. The molecule has 1 unspecified atom stereocenters. The summed E-state index contributed by atoms with van der Waals surface area (Å²) in [5.74, 6) is -0.590. The lowest BCUT2D eigenvalue weighted by molar-refractivity contribution is -0.124. The zero-order valence-corrected chi connectivity index (χ0v) is 18.2. The lowest BCUT2D eigenvalue weighted by Crippen LogP contribution is -2.37. The first kappa shape index (κ1) is 21.4. The molecule has 164 valence electrons. The van der Waals surface area contributed by atoms with Crippen molar-refractivity contribution in [2.75, 3.05) is 17.5 Å². The van der Waals surface area contributed by atoms with E-state index in [1.54, 1.807) is 6.07 Å². The van der Waals surface area contributed by atoms with Crippen LogP contribution in [0.5, 0.6) is 0 Å². The molecule has 1 amide bonds. The summed E-state index contributed by atoms with van der Waals surface area (Å²) in [6.07, 6.45) is 3.76. The summed E-state index contributed by atoms with van der Waals surface area (Å²) in [5.41, 5.74) is 1.75. The van der Waals surface area contributed by atoms with Crippen LogP contribution in [0.25, 0.3) is 0 Å². The van der Waals surface area contributed by atoms with Gasteiger partial charge >= 0.3 is 5.97 Å². The van der Waals surface area contributed by atoms with Gasteiger partial charge in [0.25, 0.3) is 15.9 Å². The zero-order chi connectivity index (χ0) is 22.0. The van der Waals surface area contributed by atoms with E-state index in [1.165, 1.54) is 28.6 Å². The highest BCUT2D eigenvalue weighted by molar-refractivity contribution is 7.92. The van der Waals surface area contributed by atoms with Crippen LogP contribution in [0.2, 0.25) is 0 Å². The number of benzene rings is 2. The maximum absolute atomic E-state index is 13.3. The average Bonchev–Trinajstić information content (AvgIpc) is 3.63. The summed E-state index contributed by atoms with van der Waals surface area (Å²) < 4.78 is 33.1. The molecule has 0 saturated heterocycles. The summed E-state index contributed by atoms with van der Waals surface area (Å²) in [7, 11) is -3.83. The van der Waals surface area contributed by atoms with E-state index in [0.29, 0.717) is 18.2 Å². The average molecular weight is 443 g/mol. The first-order valence-corrected chi connectivity index (χ1v) is 12.0. The number of nitrogens with one attached hydrogen (secondary N) is 1. The number of para-hydroxylation sites is 1. The van der Waals surface area contributed by atoms with Gasteiger partial charge in [0.05, 0.1) is 16.1 Å². The molecule has 1 aliphatic carbocycles. The van der Waals surface area contributed by atoms with Crippen molar-refractivity contribution in [2.45, 2.75) is 43.5 Å². The predicted molar refractivity (Wildman–Crippen MR) is 116 cm³/mol. The van der Waals surface area contributed by atoms with Crippen molar-refractivity contribution in [1.82, 2.24) is 5.32 Å². The van der Waals surface area contributed by atoms with Crippen molar-refractivity contribution < 1.29 is 22.7 Å².